The summed E-state index contributed by atoms with van der Waals surface area (Å²) in [6.07, 6.45) is 4.65. The minimum absolute atomic E-state index is 0.0850. The van der Waals surface area contributed by atoms with Crippen LogP contribution in [0.5, 0.6) is 0 Å². The fourth-order valence-electron chi connectivity index (χ4n) is 2.07. The highest BCUT2D eigenvalue weighted by molar-refractivity contribution is 6.29. The molecule has 22 heavy (non-hydrogen) atoms. The molecular formula is C15H11ClF2N4. The van der Waals surface area contributed by atoms with Gasteiger partial charge in [-0.15, -0.1) is 0 Å². The van der Waals surface area contributed by atoms with E-state index < -0.39 is 5.95 Å². The van der Waals surface area contributed by atoms with Crippen LogP contribution in [0.15, 0.2) is 42.9 Å². The molecule has 0 radical (unpaired) electrons. The Kier molecular flexibility index (Phi) is 3.85. The molecule has 1 atom stereocenters. The maximum absolute atomic E-state index is 13.0. The van der Waals surface area contributed by atoms with Crippen LogP contribution in [0.25, 0.3) is 11.3 Å². The van der Waals surface area contributed by atoms with E-state index in [1.165, 1.54) is 18.3 Å². The summed E-state index contributed by atoms with van der Waals surface area (Å²) >= 11 is 5.63. The minimum atomic E-state index is -0.808. The van der Waals surface area contributed by atoms with Gasteiger partial charge in [0.2, 0.25) is 0 Å². The van der Waals surface area contributed by atoms with E-state index in [-0.39, 0.29) is 17.0 Å². The van der Waals surface area contributed by atoms with Crippen LogP contribution >= 0.6 is 11.6 Å². The minimum Gasteiger partial charge on any atom is -0.265 e. The SMILES string of the molecule is C[C@H](c1ccc(F)cc1)n1cc(-c2cnc(F)c(Cl)n2)cn1. The van der Waals surface area contributed by atoms with E-state index in [1.807, 2.05) is 6.92 Å². The highest BCUT2D eigenvalue weighted by Gasteiger charge is 2.12. The first kappa shape index (κ1) is 14.6. The monoisotopic (exact) mass is 320 g/mol. The van der Waals surface area contributed by atoms with Crippen molar-refractivity contribution in [3.63, 3.8) is 0 Å². The molecule has 1 aromatic carbocycles. The Morgan fingerprint density at radius 3 is 2.55 bits per heavy atom. The van der Waals surface area contributed by atoms with Gasteiger partial charge >= 0.3 is 0 Å². The number of aromatic nitrogens is 4. The predicted octanol–water partition coefficient (Wildman–Crippen LogP) is 3.88. The van der Waals surface area contributed by atoms with Crippen molar-refractivity contribution >= 4 is 11.6 Å². The number of nitrogens with zero attached hydrogens (tertiary/aromatic N) is 4. The summed E-state index contributed by atoms with van der Waals surface area (Å²) < 4.78 is 27.7. The second kappa shape index (κ2) is 5.81. The lowest BCUT2D eigenvalue weighted by molar-refractivity contribution is 0.561. The molecule has 0 amide bonds. The van der Waals surface area contributed by atoms with Crippen molar-refractivity contribution in [1.29, 1.82) is 0 Å². The van der Waals surface area contributed by atoms with Gasteiger partial charge in [-0.05, 0) is 24.6 Å². The van der Waals surface area contributed by atoms with Crippen molar-refractivity contribution in [2.45, 2.75) is 13.0 Å². The Labute approximate surface area is 130 Å². The topological polar surface area (TPSA) is 43.6 Å². The zero-order valence-corrected chi connectivity index (χ0v) is 12.3. The van der Waals surface area contributed by atoms with Crippen LogP contribution in [0.3, 0.4) is 0 Å². The molecular weight excluding hydrogens is 310 g/mol. The molecule has 0 fully saturated rings. The normalized spacial score (nSPS) is 12.4. The lowest BCUT2D eigenvalue weighted by atomic mass is 10.1. The van der Waals surface area contributed by atoms with Gasteiger partial charge in [-0.1, -0.05) is 23.7 Å². The molecule has 0 spiro atoms. The molecule has 4 nitrogen and oxygen atoms in total. The summed E-state index contributed by atoms with van der Waals surface area (Å²) in [6.45, 7) is 1.94. The average molecular weight is 321 g/mol. The first-order valence-corrected chi connectivity index (χ1v) is 6.90. The van der Waals surface area contributed by atoms with E-state index in [9.17, 15) is 8.78 Å². The number of rotatable bonds is 3. The van der Waals surface area contributed by atoms with Gasteiger partial charge in [0.05, 0.1) is 24.1 Å². The smallest absolute Gasteiger partial charge is 0.250 e. The molecule has 0 bridgehead atoms. The van der Waals surface area contributed by atoms with Gasteiger partial charge in [0.15, 0.2) is 5.15 Å². The van der Waals surface area contributed by atoms with Gasteiger partial charge in [-0.25, -0.2) is 14.4 Å². The first-order valence-electron chi connectivity index (χ1n) is 6.52. The molecule has 0 aliphatic carbocycles. The van der Waals surface area contributed by atoms with E-state index >= 15 is 0 Å². The summed E-state index contributed by atoms with van der Waals surface area (Å²) in [5.74, 6) is -1.09. The van der Waals surface area contributed by atoms with Crippen LogP contribution in [0.2, 0.25) is 5.15 Å². The van der Waals surface area contributed by atoms with Gasteiger partial charge in [0.1, 0.15) is 5.82 Å². The molecule has 2 aromatic heterocycles. The largest absolute Gasteiger partial charge is 0.265 e. The number of hydrogen-bond acceptors (Lipinski definition) is 3. The molecule has 0 saturated heterocycles. The molecule has 3 aromatic rings. The Hall–Kier alpha value is -2.34. The van der Waals surface area contributed by atoms with E-state index in [0.29, 0.717) is 11.3 Å². The van der Waals surface area contributed by atoms with E-state index in [1.54, 1.807) is 29.2 Å². The Morgan fingerprint density at radius 2 is 1.86 bits per heavy atom. The molecule has 0 unspecified atom stereocenters. The van der Waals surface area contributed by atoms with Gasteiger partial charge in [-0.2, -0.15) is 9.49 Å². The zero-order chi connectivity index (χ0) is 15.7. The second-order valence-electron chi connectivity index (χ2n) is 4.77. The van der Waals surface area contributed by atoms with Crippen LogP contribution in [-0.4, -0.2) is 19.7 Å². The number of halogens is 3. The fourth-order valence-corrected chi connectivity index (χ4v) is 2.21. The van der Waals surface area contributed by atoms with Gasteiger partial charge in [-0.3, -0.25) is 4.68 Å². The van der Waals surface area contributed by atoms with Crippen molar-refractivity contribution < 1.29 is 8.78 Å². The molecule has 0 aliphatic heterocycles. The van der Waals surface area contributed by atoms with Crippen LogP contribution in [0, 0.1) is 11.8 Å². The third-order valence-corrected chi connectivity index (χ3v) is 3.58. The molecule has 0 aliphatic rings. The highest BCUT2D eigenvalue weighted by Crippen LogP contribution is 2.23. The quantitative estimate of drug-likeness (QED) is 0.735. The maximum Gasteiger partial charge on any atom is 0.250 e. The van der Waals surface area contributed by atoms with Gasteiger partial charge in [0.25, 0.3) is 5.95 Å². The Morgan fingerprint density at radius 1 is 1.14 bits per heavy atom. The van der Waals surface area contributed by atoms with E-state index in [2.05, 4.69) is 15.1 Å². The predicted molar refractivity (Wildman–Crippen MR) is 78.4 cm³/mol. The standard InChI is InChI=1S/C15H11ClF2N4/c1-9(10-2-4-12(17)5-3-10)22-8-11(6-20-22)13-7-19-15(18)14(16)21-13/h2-9H,1H3/t9-/m1/s1. The van der Waals surface area contributed by atoms with Crippen LogP contribution < -0.4 is 0 Å². The van der Waals surface area contributed by atoms with E-state index in [4.69, 9.17) is 11.6 Å². The molecule has 0 N–H and O–H groups in total. The molecule has 2 heterocycles. The summed E-state index contributed by atoms with van der Waals surface area (Å²) in [6, 6.07) is 6.13. The summed E-state index contributed by atoms with van der Waals surface area (Å²) in [5, 5.41) is 3.98. The van der Waals surface area contributed by atoms with Gasteiger partial charge in [0, 0.05) is 11.8 Å². The van der Waals surface area contributed by atoms with Crippen LogP contribution in [0.1, 0.15) is 18.5 Å². The molecule has 0 saturated carbocycles. The summed E-state index contributed by atoms with van der Waals surface area (Å²) in [7, 11) is 0. The molecule has 3 rings (SSSR count). The van der Waals surface area contributed by atoms with Crippen molar-refractivity contribution in [3.05, 3.63) is 65.3 Å². The van der Waals surface area contributed by atoms with Crippen molar-refractivity contribution in [2.75, 3.05) is 0 Å². The maximum atomic E-state index is 13.0. The Bertz CT molecular complexity index is 802. The van der Waals surface area contributed by atoms with E-state index in [0.717, 1.165) is 5.56 Å². The Balaban J connectivity index is 1.89. The summed E-state index contributed by atoms with van der Waals surface area (Å²) in [5.41, 5.74) is 2.02. The first-order chi connectivity index (χ1) is 10.5. The van der Waals surface area contributed by atoms with Crippen molar-refractivity contribution in [3.8, 4) is 11.3 Å². The molecule has 7 heteroatoms. The fraction of sp³-hybridized carbons (Fsp3) is 0.133. The number of hydrogen-bond donors (Lipinski definition) is 0. The number of benzene rings is 1. The molecule has 112 valence electrons. The van der Waals surface area contributed by atoms with Crippen LogP contribution in [0.4, 0.5) is 8.78 Å². The van der Waals surface area contributed by atoms with Crippen LogP contribution in [-0.2, 0) is 0 Å². The third kappa shape index (κ3) is 2.82. The third-order valence-electron chi connectivity index (χ3n) is 3.34. The highest BCUT2D eigenvalue weighted by atomic mass is 35.5. The average Bonchev–Trinajstić information content (AvgIpc) is 3.00. The lowest BCUT2D eigenvalue weighted by Crippen LogP contribution is -2.06. The van der Waals surface area contributed by atoms with Crippen molar-refractivity contribution in [1.82, 2.24) is 19.7 Å². The lowest BCUT2D eigenvalue weighted by Gasteiger charge is -2.12. The summed E-state index contributed by atoms with van der Waals surface area (Å²) in [4.78, 5) is 7.46. The zero-order valence-electron chi connectivity index (χ0n) is 11.5. The van der Waals surface area contributed by atoms with Gasteiger partial charge < -0.3 is 0 Å². The van der Waals surface area contributed by atoms with Crippen molar-refractivity contribution in [2.24, 2.45) is 0 Å². The second-order valence-corrected chi connectivity index (χ2v) is 5.13.